The highest BCUT2D eigenvalue weighted by Crippen LogP contribution is 2.19. The summed E-state index contributed by atoms with van der Waals surface area (Å²) in [7, 11) is 1.63. The number of nitrogen functional groups attached to an aromatic ring is 2. The van der Waals surface area contributed by atoms with Crippen molar-refractivity contribution in [2.24, 2.45) is 0 Å². The summed E-state index contributed by atoms with van der Waals surface area (Å²) in [6, 6.07) is 5.53. The van der Waals surface area contributed by atoms with Crippen LogP contribution in [0.15, 0.2) is 18.2 Å². The predicted octanol–water partition coefficient (Wildman–Crippen LogP) is 0.997. The van der Waals surface area contributed by atoms with Crippen molar-refractivity contribution in [2.45, 2.75) is 6.61 Å². The molecule has 60 valence electrons. The van der Waals surface area contributed by atoms with Crippen LogP contribution in [0.5, 0.6) is 0 Å². The molecule has 0 aromatic heterocycles. The van der Waals surface area contributed by atoms with E-state index < -0.39 is 0 Å². The third-order valence-electron chi connectivity index (χ3n) is 1.53. The first kappa shape index (κ1) is 7.88. The topological polar surface area (TPSA) is 61.3 Å². The summed E-state index contributed by atoms with van der Waals surface area (Å²) in [6.45, 7) is 0.511. The second-order valence-corrected chi connectivity index (χ2v) is 2.35. The lowest BCUT2D eigenvalue weighted by Gasteiger charge is -2.05. The first-order valence-electron chi connectivity index (χ1n) is 3.37. The van der Waals surface area contributed by atoms with Crippen molar-refractivity contribution in [1.82, 2.24) is 0 Å². The molecule has 1 rings (SSSR count). The highest BCUT2D eigenvalue weighted by atomic mass is 16.5. The van der Waals surface area contributed by atoms with Gasteiger partial charge >= 0.3 is 0 Å². The molecular weight excluding hydrogens is 140 g/mol. The molecule has 0 bridgehead atoms. The number of para-hydroxylation sites is 1. The van der Waals surface area contributed by atoms with E-state index in [0.717, 1.165) is 5.56 Å². The van der Waals surface area contributed by atoms with Gasteiger partial charge in [0, 0.05) is 12.7 Å². The molecule has 0 amide bonds. The number of hydrogen-bond acceptors (Lipinski definition) is 3. The first-order valence-corrected chi connectivity index (χ1v) is 3.37. The van der Waals surface area contributed by atoms with E-state index in [2.05, 4.69) is 0 Å². The van der Waals surface area contributed by atoms with Crippen molar-refractivity contribution < 1.29 is 4.74 Å². The van der Waals surface area contributed by atoms with Gasteiger partial charge < -0.3 is 16.2 Å². The van der Waals surface area contributed by atoms with Gasteiger partial charge in [0.1, 0.15) is 0 Å². The quantitative estimate of drug-likeness (QED) is 0.621. The van der Waals surface area contributed by atoms with Crippen LogP contribution in [0, 0.1) is 0 Å². The first-order chi connectivity index (χ1) is 5.25. The summed E-state index contributed by atoms with van der Waals surface area (Å²) in [4.78, 5) is 0. The minimum absolute atomic E-state index is 0.511. The van der Waals surface area contributed by atoms with E-state index in [4.69, 9.17) is 16.2 Å². The Labute approximate surface area is 66.0 Å². The van der Waals surface area contributed by atoms with Crippen molar-refractivity contribution in [3.8, 4) is 0 Å². The van der Waals surface area contributed by atoms with Crippen LogP contribution in [0.1, 0.15) is 5.56 Å². The molecule has 1 aromatic carbocycles. The molecule has 0 aliphatic carbocycles. The molecule has 3 nitrogen and oxygen atoms in total. The molecule has 0 aliphatic rings. The van der Waals surface area contributed by atoms with E-state index in [1.807, 2.05) is 12.1 Å². The number of rotatable bonds is 2. The monoisotopic (exact) mass is 152 g/mol. The summed E-state index contributed by atoms with van der Waals surface area (Å²) in [6.07, 6.45) is 0. The SMILES string of the molecule is COCc1cccc(N)c1N. The summed E-state index contributed by atoms with van der Waals surface area (Å²) in [5.74, 6) is 0. The molecule has 0 spiro atoms. The second-order valence-electron chi connectivity index (χ2n) is 2.35. The molecule has 11 heavy (non-hydrogen) atoms. The van der Waals surface area contributed by atoms with E-state index in [-0.39, 0.29) is 0 Å². The minimum atomic E-state index is 0.511. The molecule has 0 fully saturated rings. The van der Waals surface area contributed by atoms with Gasteiger partial charge in [-0.15, -0.1) is 0 Å². The molecular formula is C8H12N2O. The minimum Gasteiger partial charge on any atom is -0.397 e. The van der Waals surface area contributed by atoms with Gasteiger partial charge in [0.15, 0.2) is 0 Å². The number of benzene rings is 1. The molecule has 4 N–H and O–H groups in total. The Bertz CT molecular complexity index is 248. The summed E-state index contributed by atoms with van der Waals surface area (Å²) in [5.41, 5.74) is 13.4. The Balaban J connectivity index is 2.96. The van der Waals surface area contributed by atoms with Crippen molar-refractivity contribution in [3.05, 3.63) is 23.8 Å². The van der Waals surface area contributed by atoms with Crippen LogP contribution >= 0.6 is 0 Å². The second kappa shape index (κ2) is 3.25. The molecule has 0 unspecified atom stereocenters. The van der Waals surface area contributed by atoms with Crippen molar-refractivity contribution >= 4 is 11.4 Å². The van der Waals surface area contributed by atoms with E-state index in [9.17, 15) is 0 Å². The number of nitrogens with two attached hydrogens (primary N) is 2. The Morgan fingerprint density at radius 1 is 1.36 bits per heavy atom. The van der Waals surface area contributed by atoms with Crippen LogP contribution in [0.2, 0.25) is 0 Å². The van der Waals surface area contributed by atoms with Gasteiger partial charge in [0.2, 0.25) is 0 Å². The average molecular weight is 152 g/mol. The van der Waals surface area contributed by atoms with Crippen LogP contribution in [-0.2, 0) is 11.3 Å². The molecule has 0 atom stereocenters. The van der Waals surface area contributed by atoms with Gasteiger partial charge in [-0.1, -0.05) is 12.1 Å². The van der Waals surface area contributed by atoms with Gasteiger partial charge in [-0.05, 0) is 6.07 Å². The van der Waals surface area contributed by atoms with Crippen molar-refractivity contribution in [3.63, 3.8) is 0 Å². The van der Waals surface area contributed by atoms with E-state index in [1.165, 1.54) is 0 Å². The molecule has 3 heteroatoms. The summed E-state index contributed by atoms with van der Waals surface area (Å²) in [5, 5.41) is 0. The van der Waals surface area contributed by atoms with Gasteiger partial charge in [-0.25, -0.2) is 0 Å². The number of methoxy groups -OCH3 is 1. The van der Waals surface area contributed by atoms with E-state index in [0.29, 0.717) is 18.0 Å². The highest BCUT2D eigenvalue weighted by Gasteiger charge is 1.99. The lowest BCUT2D eigenvalue weighted by atomic mass is 10.1. The third kappa shape index (κ3) is 1.62. The zero-order chi connectivity index (χ0) is 8.27. The fourth-order valence-corrected chi connectivity index (χ4v) is 0.914. The number of hydrogen-bond donors (Lipinski definition) is 2. The van der Waals surface area contributed by atoms with Gasteiger partial charge in [0.25, 0.3) is 0 Å². The van der Waals surface area contributed by atoms with Crippen LogP contribution in [-0.4, -0.2) is 7.11 Å². The number of ether oxygens (including phenoxy) is 1. The molecule has 0 saturated carbocycles. The van der Waals surface area contributed by atoms with Crippen LogP contribution < -0.4 is 11.5 Å². The molecule has 1 aromatic rings. The highest BCUT2D eigenvalue weighted by molar-refractivity contribution is 5.66. The van der Waals surface area contributed by atoms with E-state index in [1.54, 1.807) is 13.2 Å². The smallest absolute Gasteiger partial charge is 0.0733 e. The van der Waals surface area contributed by atoms with Crippen LogP contribution in [0.3, 0.4) is 0 Å². The maximum Gasteiger partial charge on any atom is 0.0733 e. The summed E-state index contributed by atoms with van der Waals surface area (Å²) < 4.78 is 4.93. The predicted molar refractivity (Wildman–Crippen MR) is 46.0 cm³/mol. The van der Waals surface area contributed by atoms with Crippen LogP contribution in [0.4, 0.5) is 11.4 Å². The lowest BCUT2D eigenvalue weighted by Crippen LogP contribution is -2.00. The zero-order valence-corrected chi connectivity index (χ0v) is 6.50. The Kier molecular flexibility index (Phi) is 2.33. The van der Waals surface area contributed by atoms with Gasteiger partial charge in [0.05, 0.1) is 18.0 Å². The fourth-order valence-electron chi connectivity index (χ4n) is 0.914. The van der Waals surface area contributed by atoms with Crippen molar-refractivity contribution in [2.75, 3.05) is 18.6 Å². The largest absolute Gasteiger partial charge is 0.397 e. The maximum absolute atomic E-state index is 5.66. The molecule has 0 heterocycles. The molecule has 0 aliphatic heterocycles. The Morgan fingerprint density at radius 3 is 2.73 bits per heavy atom. The molecule has 0 radical (unpaired) electrons. The fraction of sp³-hybridized carbons (Fsp3) is 0.250. The van der Waals surface area contributed by atoms with Gasteiger partial charge in [-0.2, -0.15) is 0 Å². The van der Waals surface area contributed by atoms with Crippen molar-refractivity contribution in [1.29, 1.82) is 0 Å². The zero-order valence-electron chi connectivity index (χ0n) is 6.50. The Morgan fingerprint density at radius 2 is 2.09 bits per heavy atom. The number of anilines is 2. The lowest BCUT2D eigenvalue weighted by molar-refractivity contribution is 0.185. The summed E-state index contributed by atoms with van der Waals surface area (Å²) >= 11 is 0. The maximum atomic E-state index is 5.66. The normalized spacial score (nSPS) is 9.91. The standard InChI is InChI=1S/C8H12N2O/c1-11-5-6-3-2-4-7(9)8(6)10/h2-4H,5,9-10H2,1H3. The average Bonchev–Trinajstić information content (AvgIpc) is 1.99. The van der Waals surface area contributed by atoms with E-state index >= 15 is 0 Å². The Hall–Kier alpha value is -1.22. The molecule has 0 saturated heterocycles. The van der Waals surface area contributed by atoms with Crippen LogP contribution in [0.25, 0.3) is 0 Å². The van der Waals surface area contributed by atoms with Gasteiger partial charge in [-0.3, -0.25) is 0 Å². The third-order valence-corrected chi connectivity index (χ3v) is 1.53.